The molecule has 0 atom stereocenters. The number of hydrogen-bond donors (Lipinski definition) is 2. The summed E-state index contributed by atoms with van der Waals surface area (Å²) in [4.78, 5) is 6.78. The van der Waals surface area contributed by atoms with Crippen molar-refractivity contribution in [2.45, 2.75) is 6.54 Å². The average Bonchev–Trinajstić information content (AvgIpc) is 2.19. The first-order chi connectivity index (χ1) is 3.93. The van der Waals surface area contributed by atoms with Crippen LogP contribution in [0.1, 0.15) is 5.69 Å². The minimum atomic E-state index is 0.726. The van der Waals surface area contributed by atoms with Crippen molar-refractivity contribution in [2.24, 2.45) is 0 Å². The van der Waals surface area contributed by atoms with E-state index in [0.717, 1.165) is 12.2 Å². The predicted octanol–water partition coefficient (Wildman–Crippen LogP) is 0.291. The van der Waals surface area contributed by atoms with Crippen LogP contribution < -0.4 is 5.32 Å². The molecule has 3 heteroatoms. The van der Waals surface area contributed by atoms with E-state index in [2.05, 4.69) is 22.3 Å². The number of H-pyrrole nitrogens is 1. The molecule has 0 aliphatic carbocycles. The molecular formula is C5H8N3. The lowest BCUT2D eigenvalue weighted by Crippen LogP contribution is -2.01. The van der Waals surface area contributed by atoms with E-state index in [0.29, 0.717) is 0 Å². The van der Waals surface area contributed by atoms with Gasteiger partial charge in [0.05, 0.1) is 12.0 Å². The van der Waals surface area contributed by atoms with Crippen molar-refractivity contribution >= 4 is 0 Å². The molecule has 1 aromatic heterocycles. The fourth-order valence-corrected chi connectivity index (χ4v) is 0.516. The molecule has 3 nitrogen and oxygen atoms in total. The Bertz CT molecular complexity index is 133. The van der Waals surface area contributed by atoms with Crippen molar-refractivity contribution in [1.29, 1.82) is 0 Å². The van der Waals surface area contributed by atoms with Crippen LogP contribution in [0, 0.1) is 7.05 Å². The Labute approximate surface area is 48.1 Å². The highest BCUT2D eigenvalue weighted by Crippen LogP contribution is 1.86. The molecule has 8 heavy (non-hydrogen) atoms. The normalized spacial score (nSPS) is 9.62. The number of aromatic amines is 1. The van der Waals surface area contributed by atoms with E-state index in [1.54, 1.807) is 6.33 Å². The van der Waals surface area contributed by atoms with Crippen molar-refractivity contribution in [1.82, 2.24) is 15.3 Å². The van der Waals surface area contributed by atoms with Crippen LogP contribution in [0.5, 0.6) is 0 Å². The molecule has 0 fully saturated rings. The maximum Gasteiger partial charge on any atom is 0.0923 e. The molecule has 1 heterocycles. The Balaban J connectivity index is 2.50. The van der Waals surface area contributed by atoms with E-state index in [9.17, 15) is 0 Å². The predicted molar refractivity (Wildman–Crippen MR) is 30.8 cm³/mol. The molecule has 0 amide bonds. The summed E-state index contributed by atoms with van der Waals surface area (Å²) in [6.45, 7) is 0.726. The fraction of sp³-hybridized carbons (Fsp3) is 0.200. The molecule has 1 aromatic rings. The van der Waals surface area contributed by atoms with Gasteiger partial charge < -0.3 is 10.3 Å². The number of nitrogens with zero attached hydrogens (tertiary/aromatic N) is 1. The van der Waals surface area contributed by atoms with Gasteiger partial charge in [-0.2, -0.15) is 0 Å². The number of aromatic nitrogens is 2. The number of imidazole rings is 1. The molecule has 0 saturated carbocycles. The van der Waals surface area contributed by atoms with Crippen LogP contribution in [-0.4, -0.2) is 9.97 Å². The van der Waals surface area contributed by atoms with Crippen molar-refractivity contribution in [3.05, 3.63) is 25.3 Å². The Morgan fingerprint density at radius 1 is 1.88 bits per heavy atom. The molecular weight excluding hydrogens is 102 g/mol. The lowest BCUT2D eigenvalue weighted by Gasteiger charge is -1.87. The van der Waals surface area contributed by atoms with Gasteiger partial charge in [-0.25, -0.2) is 4.98 Å². The second-order valence-corrected chi connectivity index (χ2v) is 1.49. The van der Waals surface area contributed by atoms with Crippen molar-refractivity contribution in [2.75, 3.05) is 0 Å². The van der Waals surface area contributed by atoms with Gasteiger partial charge in [-0.1, -0.05) is 0 Å². The maximum atomic E-state index is 3.95. The first-order valence-corrected chi connectivity index (χ1v) is 2.41. The average molecular weight is 110 g/mol. The molecule has 0 saturated heterocycles. The van der Waals surface area contributed by atoms with Crippen LogP contribution in [-0.2, 0) is 6.54 Å². The van der Waals surface area contributed by atoms with E-state index < -0.39 is 0 Å². The minimum Gasteiger partial charge on any atom is -0.351 e. The lowest BCUT2D eigenvalue weighted by atomic mass is 10.5. The van der Waals surface area contributed by atoms with Crippen LogP contribution in [0.15, 0.2) is 12.5 Å². The quantitative estimate of drug-likeness (QED) is 0.574. The summed E-state index contributed by atoms with van der Waals surface area (Å²) in [5.41, 5.74) is 0.986. The van der Waals surface area contributed by atoms with E-state index in [1.807, 2.05) is 6.20 Å². The third-order valence-corrected chi connectivity index (χ3v) is 0.861. The molecule has 0 aromatic carbocycles. The van der Waals surface area contributed by atoms with Gasteiger partial charge >= 0.3 is 0 Å². The smallest absolute Gasteiger partial charge is 0.0923 e. The Morgan fingerprint density at radius 2 is 2.75 bits per heavy atom. The number of nitrogens with one attached hydrogen (secondary N) is 2. The van der Waals surface area contributed by atoms with Crippen molar-refractivity contribution in [3.63, 3.8) is 0 Å². The Hall–Kier alpha value is -0.830. The van der Waals surface area contributed by atoms with Gasteiger partial charge in [-0.3, -0.25) is 0 Å². The summed E-state index contributed by atoms with van der Waals surface area (Å²) >= 11 is 0. The van der Waals surface area contributed by atoms with Gasteiger partial charge in [0.25, 0.3) is 0 Å². The standard InChI is InChI=1S/C5H8N3/c1-6-2-5-3-7-4-8-5/h3-4,6H,1-2H2,(H,7,8). The van der Waals surface area contributed by atoms with Gasteiger partial charge in [0, 0.05) is 19.8 Å². The lowest BCUT2D eigenvalue weighted by molar-refractivity contribution is 0.840. The van der Waals surface area contributed by atoms with E-state index in [1.165, 1.54) is 0 Å². The zero-order valence-corrected chi connectivity index (χ0v) is 4.52. The van der Waals surface area contributed by atoms with Gasteiger partial charge in [0.1, 0.15) is 0 Å². The molecule has 2 N–H and O–H groups in total. The zero-order valence-electron chi connectivity index (χ0n) is 4.52. The summed E-state index contributed by atoms with van der Waals surface area (Å²) in [7, 11) is 3.46. The monoisotopic (exact) mass is 110 g/mol. The van der Waals surface area contributed by atoms with Gasteiger partial charge in [-0.15, -0.1) is 0 Å². The molecule has 0 spiro atoms. The van der Waals surface area contributed by atoms with E-state index >= 15 is 0 Å². The highest BCUT2D eigenvalue weighted by Gasteiger charge is 1.86. The molecule has 0 bridgehead atoms. The Morgan fingerprint density at radius 3 is 3.25 bits per heavy atom. The summed E-state index contributed by atoms with van der Waals surface area (Å²) in [6, 6.07) is 0. The molecule has 1 radical (unpaired) electrons. The van der Waals surface area contributed by atoms with Gasteiger partial charge in [-0.05, 0) is 0 Å². The number of rotatable bonds is 2. The number of hydrogen-bond acceptors (Lipinski definition) is 2. The second-order valence-electron chi connectivity index (χ2n) is 1.49. The minimum absolute atomic E-state index is 0.726. The highest BCUT2D eigenvalue weighted by molar-refractivity contribution is 4.92. The molecule has 0 aliphatic heterocycles. The first-order valence-electron chi connectivity index (χ1n) is 2.41. The SMILES string of the molecule is [CH2]NCc1c[nH]cn1. The summed E-state index contributed by atoms with van der Waals surface area (Å²) in [5.74, 6) is 0. The second kappa shape index (κ2) is 2.47. The van der Waals surface area contributed by atoms with Crippen LogP contribution >= 0.6 is 0 Å². The summed E-state index contributed by atoms with van der Waals surface area (Å²) < 4.78 is 0. The van der Waals surface area contributed by atoms with Crippen LogP contribution in [0.25, 0.3) is 0 Å². The first kappa shape index (κ1) is 5.31. The van der Waals surface area contributed by atoms with Crippen LogP contribution in [0.3, 0.4) is 0 Å². The molecule has 1 rings (SSSR count). The molecule has 0 aliphatic rings. The fourth-order valence-electron chi connectivity index (χ4n) is 0.516. The largest absolute Gasteiger partial charge is 0.351 e. The van der Waals surface area contributed by atoms with Crippen LogP contribution in [0.2, 0.25) is 0 Å². The summed E-state index contributed by atoms with van der Waals surface area (Å²) in [6.07, 6.45) is 3.48. The highest BCUT2D eigenvalue weighted by atomic mass is 14.9. The third-order valence-electron chi connectivity index (χ3n) is 0.861. The Kier molecular flexibility index (Phi) is 1.64. The maximum absolute atomic E-state index is 3.95. The van der Waals surface area contributed by atoms with Gasteiger partial charge in [0.2, 0.25) is 0 Å². The summed E-state index contributed by atoms with van der Waals surface area (Å²) in [5, 5.41) is 2.74. The topological polar surface area (TPSA) is 40.7 Å². The van der Waals surface area contributed by atoms with Crippen molar-refractivity contribution < 1.29 is 0 Å². The van der Waals surface area contributed by atoms with Crippen molar-refractivity contribution in [3.8, 4) is 0 Å². The third kappa shape index (κ3) is 1.07. The zero-order chi connectivity index (χ0) is 5.82. The molecule has 43 valence electrons. The molecule has 0 unspecified atom stereocenters. The van der Waals surface area contributed by atoms with Gasteiger partial charge in [0.15, 0.2) is 0 Å². The van der Waals surface area contributed by atoms with E-state index in [-0.39, 0.29) is 0 Å². The van der Waals surface area contributed by atoms with Crippen LogP contribution in [0.4, 0.5) is 0 Å². The van der Waals surface area contributed by atoms with E-state index in [4.69, 9.17) is 0 Å².